The van der Waals surface area contributed by atoms with E-state index in [2.05, 4.69) is 4.98 Å². The van der Waals surface area contributed by atoms with Crippen LogP contribution in [0.1, 0.15) is 16.8 Å². The van der Waals surface area contributed by atoms with E-state index in [0.717, 1.165) is 33.2 Å². The van der Waals surface area contributed by atoms with Crippen molar-refractivity contribution in [3.8, 4) is 11.1 Å². The maximum Gasteiger partial charge on any atom is 0.340 e. The molecule has 2 aromatic carbocycles. The molecule has 3 heterocycles. The Labute approximate surface area is 196 Å². The zero-order valence-electron chi connectivity index (χ0n) is 19.1. The van der Waals surface area contributed by atoms with Crippen LogP contribution in [0.3, 0.4) is 0 Å². The van der Waals surface area contributed by atoms with E-state index in [1.165, 1.54) is 0 Å². The van der Waals surface area contributed by atoms with Crippen molar-refractivity contribution in [1.82, 2.24) is 9.88 Å². The molecule has 5 rings (SSSR count). The Morgan fingerprint density at radius 3 is 2.56 bits per heavy atom. The van der Waals surface area contributed by atoms with Crippen LogP contribution in [0.4, 0.5) is 0 Å². The molecule has 34 heavy (non-hydrogen) atoms. The zero-order chi connectivity index (χ0) is 23.7. The van der Waals surface area contributed by atoms with Crippen molar-refractivity contribution in [1.29, 1.82) is 0 Å². The minimum absolute atomic E-state index is 0.0161. The Balaban J connectivity index is 1.46. The van der Waals surface area contributed by atoms with Gasteiger partial charge in [-0.25, -0.2) is 4.79 Å². The summed E-state index contributed by atoms with van der Waals surface area (Å²) in [7, 11) is 1.74. The molecule has 0 bridgehead atoms. The van der Waals surface area contributed by atoms with Gasteiger partial charge in [0, 0.05) is 54.3 Å². The monoisotopic (exact) mass is 452 g/mol. The first-order chi connectivity index (χ1) is 16.5. The fourth-order valence-corrected chi connectivity index (χ4v) is 4.19. The Morgan fingerprint density at radius 2 is 1.79 bits per heavy atom. The van der Waals surface area contributed by atoms with E-state index in [-0.39, 0.29) is 12.3 Å². The molecule has 170 valence electrons. The molecule has 0 N–H and O–H groups in total. The van der Waals surface area contributed by atoms with Crippen molar-refractivity contribution in [2.24, 2.45) is 0 Å². The summed E-state index contributed by atoms with van der Waals surface area (Å²) in [4.78, 5) is 31.6. The van der Waals surface area contributed by atoms with Gasteiger partial charge < -0.3 is 13.7 Å². The van der Waals surface area contributed by atoms with Crippen molar-refractivity contribution in [2.75, 3.05) is 13.6 Å². The first-order valence-corrected chi connectivity index (χ1v) is 11.2. The lowest BCUT2D eigenvalue weighted by atomic mass is 9.99. The third kappa shape index (κ3) is 4.10. The standard InChI is InChI=1S/C28H24N2O4/c1-18-21-14-23-24(19-8-4-3-5-9-19)17-33-25(23)16-26(21)34-28(32)22(18)15-27(31)30(2)13-11-20-10-6-7-12-29-20/h3-10,12,14,16-17H,11,13,15H2,1-2H3. The van der Waals surface area contributed by atoms with E-state index in [1.807, 2.05) is 61.5 Å². The highest BCUT2D eigenvalue weighted by Crippen LogP contribution is 2.34. The first kappa shape index (κ1) is 21.6. The molecular formula is C28H24N2O4. The molecule has 0 aliphatic heterocycles. The van der Waals surface area contributed by atoms with Crippen LogP contribution < -0.4 is 5.63 Å². The van der Waals surface area contributed by atoms with E-state index < -0.39 is 5.63 Å². The average molecular weight is 453 g/mol. The minimum Gasteiger partial charge on any atom is -0.464 e. The number of benzene rings is 2. The van der Waals surface area contributed by atoms with Crippen molar-refractivity contribution in [2.45, 2.75) is 19.8 Å². The summed E-state index contributed by atoms with van der Waals surface area (Å²) in [5, 5.41) is 1.73. The lowest BCUT2D eigenvalue weighted by Gasteiger charge is -2.17. The van der Waals surface area contributed by atoms with Gasteiger partial charge in [0.15, 0.2) is 0 Å². The molecule has 0 radical (unpaired) electrons. The number of nitrogens with zero attached hydrogens (tertiary/aromatic N) is 2. The molecule has 0 aliphatic rings. The van der Waals surface area contributed by atoms with Gasteiger partial charge in [-0.3, -0.25) is 9.78 Å². The highest BCUT2D eigenvalue weighted by Gasteiger charge is 2.19. The molecular weight excluding hydrogens is 428 g/mol. The van der Waals surface area contributed by atoms with Gasteiger partial charge in [0.05, 0.1) is 18.2 Å². The van der Waals surface area contributed by atoms with Gasteiger partial charge in [-0.15, -0.1) is 0 Å². The minimum atomic E-state index is -0.495. The molecule has 1 amide bonds. The van der Waals surface area contributed by atoms with Gasteiger partial charge in [-0.1, -0.05) is 36.4 Å². The van der Waals surface area contributed by atoms with E-state index in [4.69, 9.17) is 8.83 Å². The number of aryl methyl sites for hydroxylation is 1. The van der Waals surface area contributed by atoms with Crippen LogP contribution in [0, 0.1) is 6.92 Å². The van der Waals surface area contributed by atoms with Gasteiger partial charge in [0.25, 0.3) is 0 Å². The number of hydrogen-bond acceptors (Lipinski definition) is 5. The predicted molar refractivity (Wildman–Crippen MR) is 132 cm³/mol. The maximum atomic E-state index is 12.9. The molecule has 0 unspecified atom stereocenters. The number of likely N-dealkylation sites (N-methyl/N-ethyl adjacent to an activating group) is 1. The molecule has 0 saturated heterocycles. The summed E-state index contributed by atoms with van der Waals surface area (Å²) in [6, 6.07) is 19.4. The summed E-state index contributed by atoms with van der Waals surface area (Å²) in [6.07, 6.45) is 4.08. The summed E-state index contributed by atoms with van der Waals surface area (Å²) in [5.74, 6) is -0.139. The number of rotatable bonds is 6. The van der Waals surface area contributed by atoms with Gasteiger partial charge in [0.1, 0.15) is 11.2 Å². The predicted octanol–water partition coefficient (Wildman–Crippen LogP) is 5.15. The normalized spacial score (nSPS) is 11.2. The number of amides is 1. The molecule has 5 aromatic rings. The molecule has 0 saturated carbocycles. The molecule has 0 fully saturated rings. The summed E-state index contributed by atoms with van der Waals surface area (Å²) < 4.78 is 11.4. The molecule has 3 aromatic heterocycles. The fraction of sp³-hybridized carbons (Fsp3) is 0.179. The Hall–Kier alpha value is -4.19. The van der Waals surface area contributed by atoms with Crippen molar-refractivity contribution in [3.05, 3.63) is 100 Å². The summed E-state index contributed by atoms with van der Waals surface area (Å²) >= 11 is 0. The number of furan rings is 1. The van der Waals surface area contributed by atoms with Gasteiger partial charge in [-0.2, -0.15) is 0 Å². The summed E-state index contributed by atoms with van der Waals surface area (Å²) in [6.45, 7) is 2.38. The largest absolute Gasteiger partial charge is 0.464 e. The highest BCUT2D eigenvalue weighted by molar-refractivity contribution is 6.02. The Morgan fingerprint density at radius 1 is 1.00 bits per heavy atom. The molecule has 0 atom stereocenters. The highest BCUT2D eigenvalue weighted by atomic mass is 16.4. The van der Waals surface area contributed by atoms with Crippen LogP contribution in [-0.2, 0) is 17.6 Å². The van der Waals surface area contributed by atoms with Gasteiger partial charge >= 0.3 is 5.63 Å². The van der Waals surface area contributed by atoms with E-state index in [1.54, 1.807) is 30.5 Å². The quantitative estimate of drug-likeness (QED) is 0.333. The summed E-state index contributed by atoms with van der Waals surface area (Å²) in [5.41, 5.74) is 4.66. The van der Waals surface area contributed by atoms with Crippen molar-refractivity contribution < 1.29 is 13.6 Å². The van der Waals surface area contributed by atoms with Crippen LogP contribution in [-0.4, -0.2) is 29.4 Å². The molecule has 6 nitrogen and oxygen atoms in total. The maximum absolute atomic E-state index is 12.9. The molecule has 0 spiro atoms. The second kappa shape index (κ2) is 8.98. The number of aromatic nitrogens is 1. The number of carbonyl (C=O) groups excluding carboxylic acids is 1. The molecule has 6 heteroatoms. The zero-order valence-corrected chi connectivity index (χ0v) is 19.1. The van der Waals surface area contributed by atoms with E-state index >= 15 is 0 Å². The second-order valence-electron chi connectivity index (χ2n) is 8.42. The number of pyridine rings is 1. The van der Waals surface area contributed by atoms with Crippen molar-refractivity contribution in [3.63, 3.8) is 0 Å². The number of fused-ring (bicyclic) bond motifs is 2. The van der Waals surface area contributed by atoms with Crippen LogP contribution in [0.15, 0.2) is 86.8 Å². The topological polar surface area (TPSA) is 76.6 Å². The fourth-order valence-electron chi connectivity index (χ4n) is 4.19. The van der Waals surface area contributed by atoms with Gasteiger partial charge in [-0.05, 0) is 36.2 Å². The van der Waals surface area contributed by atoms with Crippen LogP contribution >= 0.6 is 0 Å². The molecule has 0 aliphatic carbocycles. The number of hydrogen-bond donors (Lipinski definition) is 0. The average Bonchev–Trinajstić information content (AvgIpc) is 3.28. The number of carbonyl (C=O) groups is 1. The lowest BCUT2D eigenvalue weighted by molar-refractivity contribution is -0.129. The van der Waals surface area contributed by atoms with E-state index in [0.29, 0.717) is 29.7 Å². The Kier molecular flexibility index (Phi) is 5.72. The smallest absolute Gasteiger partial charge is 0.340 e. The SMILES string of the molecule is Cc1c(CC(=O)N(C)CCc2ccccn2)c(=O)oc2cc3occ(-c4ccccc4)c3cc12. The third-order valence-corrected chi connectivity index (χ3v) is 6.25. The lowest BCUT2D eigenvalue weighted by Crippen LogP contribution is -2.32. The third-order valence-electron chi connectivity index (χ3n) is 6.25. The van der Waals surface area contributed by atoms with Crippen LogP contribution in [0.5, 0.6) is 0 Å². The van der Waals surface area contributed by atoms with Gasteiger partial charge in [0.2, 0.25) is 5.91 Å². The van der Waals surface area contributed by atoms with Crippen molar-refractivity contribution >= 4 is 27.8 Å². The van der Waals surface area contributed by atoms with Crippen LogP contribution in [0.2, 0.25) is 0 Å². The first-order valence-electron chi connectivity index (χ1n) is 11.2. The second-order valence-corrected chi connectivity index (χ2v) is 8.42. The van der Waals surface area contributed by atoms with E-state index in [9.17, 15) is 9.59 Å². The Bertz CT molecular complexity index is 1540. The van der Waals surface area contributed by atoms with Crippen LogP contribution in [0.25, 0.3) is 33.1 Å².